The molecule has 0 unspecified atom stereocenters. The monoisotopic (exact) mass is 525 g/mol. The Balaban J connectivity index is 2.03. The second-order valence-electron chi connectivity index (χ2n) is 8.81. The first-order chi connectivity index (χ1) is 16.2. The summed E-state index contributed by atoms with van der Waals surface area (Å²) in [6.45, 7) is 7.07. The Morgan fingerprint density at radius 1 is 1.06 bits per heavy atom. The van der Waals surface area contributed by atoms with Gasteiger partial charge in [0, 0.05) is 25.6 Å². The van der Waals surface area contributed by atoms with Gasteiger partial charge >= 0.3 is 6.09 Å². The van der Waals surface area contributed by atoms with E-state index in [4.69, 9.17) is 4.74 Å². The van der Waals surface area contributed by atoms with E-state index in [-0.39, 0.29) is 19.0 Å². The molecule has 0 aliphatic carbocycles. The lowest BCUT2D eigenvalue weighted by Crippen LogP contribution is -2.42. The highest BCUT2D eigenvalue weighted by atomic mass is 32.2. The van der Waals surface area contributed by atoms with E-state index < -0.39 is 27.6 Å². The van der Waals surface area contributed by atoms with Crippen LogP contribution in [-0.2, 0) is 27.7 Å². The summed E-state index contributed by atoms with van der Waals surface area (Å²) < 4.78 is 29.9. The van der Waals surface area contributed by atoms with Gasteiger partial charge in [0.25, 0.3) is 5.91 Å². The topological polar surface area (TPSA) is 156 Å². The van der Waals surface area contributed by atoms with Crippen molar-refractivity contribution in [1.82, 2.24) is 20.3 Å². The Hall–Kier alpha value is -3.03. The van der Waals surface area contributed by atoms with Crippen molar-refractivity contribution in [3.05, 3.63) is 40.4 Å². The van der Waals surface area contributed by atoms with Crippen molar-refractivity contribution in [2.24, 2.45) is 0 Å². The van der Waals surface area contributed by atoms with Crippen LogP contribution in [-0.4, -0.2) is 56.2 Å². The van der Waals surface area contributed by atoms with Crippen LogP contribution in [0.5, 0.6) is 5.75 Å². The van der Waals surface area contributed by atoms with Crippen molar-refractivity contribution in [2.75, 3.05) is 24.7 Å². The molecule has 13 heteroatoms. The summed E-state index contributed by atoms with van der Waals surface area (Å²) in [5, 5.41) is 8.27. The fraction of sp³-hybridized carbons (Fsp3) is 0.455. The largest absolute Gasteiger partial charge is 0.413 e. The number of carbonyl (C=O) groups is 3. The van der Waals surface area contributed by atoms with Crippen molar-refractivity contribution in [2.45, 2.75) is 46.1 Å². The van der Waals surface area contributed by atoms with Gasteiger partial charge in [0.2, 0.25) is 15.9 Å². The molecule has 1 aromatic heterocycles. The van der Waals surface area contributed by atoms with Crippen molar-refractivity contribution in [1.29, 1.82) is 0 Å². The molecule has 11 nitrogen and oxygen atoms in total. The molecule has 0 atom stereocenters. The lowest BCUT2D eigenvalue weighted by atomic mass is 10.1. The number of hydrogen-bond donors (Lipinski definition) is 4. The number of anilines is 1. The van der Waals surface area contributed by atoms with Crippen molar-refractivity contribution in [3.8, 4) is 5.75 Å². The molecule has 0 radical (unpaired) electrons. The van der Waals surface area contributed by atoms with E-state index in [0.717, 1.165) is 23.2 Å². The molecule has 1 aromatic carbocycles. The Morgan fingerprint density at radius 3 is 2.29 bits per heavy atom. The third-order valence-corrected chi connectivity index (χ3v) is 5.96. The third kappa shape index (κ3) is 10.8. The highest BCUT2D eigenvalue weighted by Crippen LogP contribution is 2.25. The average molecular weight is 526 g/mol. The van der Waals surface area contributed by atoms with Crippen molar-refractivity contribution >= 4 is 44.4 Å². The zero-order valence-electron chi connectivity index (χ0n) is 20.4. The maximum absolute atomic E-state index is 12.7. The molecule has 0 saturated heterocycles. The van der Waals surface area contributed by atoms with E-state index >= 15 is 0 Å². The number of carbonyl (C=O) groups excluding carboxylic acids is 3. The van der Waals surface area contributed by atoms with Crippen LogP contribution >= 0.6 is 11.3 Å². The van der Waals surface area contributed by atoms with E-state index in [9.17, 15) is 22.8 Å². The number of nitrogens with zero attached hydrogens (tertiary/aromatic N) is 1. The Labute approximate surface area is 209 Å². The quantitative estimate of drug-likeness (QED) is 0.346. The van der Waals surface area contributed by atoms with Gasteiger partial charge in [-0.3, -0.25) is 9.59 Å². The highest BCUT2D eigenvalue weighted by molar-refractivity contribution is 7.88. The Kier molecular flexibility index (Phi) is 9.74. The van der Waals surface area contributed by atoms with Crippen molar-refractivity contribution < 1.29 is 27.5 Å². The van der Waals surface area contributed by atoms with Gasteiger partial charge in [-0.2, -0.15) is 0 Å². The number of benzene rings is 1. The number of aromatic nitrogens is 1. The zero-order valence-corrected chi connectivity index (χ0v) is 22.0. The lowest BCUT2D eigenvalue weighted by Gasteiger charge is -2.19. The maximum atomic E-state index is 12.7. The van der Waals surface area contributed by atoms with E-state index in [0.29, 0.717) is 34.3 Å². The van der Waals surface area contributed by atoms with E-state index in [1.807, 2.05) is 32.9 Å². The fourth-order valence-electron chi connectivity index (χ4n) is 2.82. The van der Waals surface area contributed by atoms with Gasteiger partial charge in [-0.1, -0.05) is 23.5 Å². The van der Waals surface area contributed by atoms with Gasteiger partial charge in [0.05, 0.1) is 11.9 Å². The molecule has 0 spiro atoms. The van der Waals surface area contributed by atoms with Crippen LogP contribution in [0.3, 0.4) is 0 Å². The highest BCUT2D eigenvalue weighted by Gasteiger charge is 2.19. The van der Waals surface area contributed by atoms with E-state index in [1.165, 1.54) is 6.92 Å². The molecular weight excluding hydrogens is 494 g/mol. The molecule has 3 amide bonds. The molecule has 0 aliphatic heterocycles. The molecular formula is C22H31N5O6S2. The standard InChI is InChI=1S/C22H31N5O6S2/c1-14(28)25-20-26-17(18(34-20)19(29)23-12-13-24-35(5,31)32)11-8-15-6-9-16(10-7-15)33-21(30)27-22(2,3)4/h6-7,9-10,24H,8,11-13H2,1-5H3,(H,23,29)(H,27,30)(H,25,26,28). The van der Waals surface area contributed by atoms with Crippen LogP contribution in [0.15, 0.2) is 24.3 Å². The molecule has 1 heterocycles. The molecule has 35 heavy (non-hydrogen) atoms. The predicted molar refractivity (Wildman–Crippen MR) is 134 cm³/mol. The molecule has 2 aromatic rings. The fourth-order valence-corrected chi connectivity index (χ4v) is 4.27. The zero-order chi connectivity index (χ0) is 26.2. The number of ether oxygens (including phenoxy) is 1. The number of nitrogens with one attached hydrogen (secondary N) is 4. The summed E-state index contributed by atoms with van der Waals surface area (Å²) in [5.41, 5.74) is 1.04. The molecule has 4 N–H and O–H groups in total. The minimum atomic E-state index is -3.35. The molecule has 0 fully saturated rings. The normalized spacial score (nSPS) is 11.6. The Morgan fingerprint density at radius 2 is 1.71 bits per heavy atom. The smallest absolute Gasteiger partial charge is 0.410 e. The second-order valence-corrected chi connectivity index (χ2v) is 11.6. The van der Waals surface area contributed by atoms with Crippen LogP contribution < -0.4 is 25.4 Å². The number of aryl methyl sites for hydroxylation is 2. The minimum absolute atomic E-state index is 0.0550. The SMILES string of the molecule is CC(=O)Nc1nc(CCc2ccc(OC(=O)NC(C)(C)C)cc2)c(C(=O)NCCNS(C)(=O)=O)s1. The van der Waals surface area contributed by atoms with Gasteiger partial charge in [-0.25, -0.2) is 22.9 Å². The summed E-state index contributed by atoms with van der Waals surface area (Å²) in [6, 6.07) is 7.00. The minimum Gasteiger partial charge on any atom is -0.410 e. The summed E-state index contributed by atoms with van der Waals surface area (Å²) in [4.78, 5) is 40.7. The van der Waals surface area contributed by atoms with Crippen molar-refractivity contribution in [3.63, 3.8) is 0 Å². The van der Waals surface area contributed by atoms with E-state index in [1.54, 1.807) is 12.1 Å². The summed E-state index contributed by atoms with van der Waals surface area (Å²) in [5.74, 6) is -0.307. The van der Waals surface area contributed by atoms with Gasteiger partial charge < -0.3 is 20.7 Å². The Bertz CT molecular complexity index is 1150. The number of sulfonamides is 1. The summed E-state index contributed by atoms with van der Waals surface area (Å²) in [7, 11) is -3.35. The number of amides is 3. The molecule has 2 rings (SSSR count). The lowest BCUT2D eigenvalue weighted by molar-refractivity contribution is -0.114. The summed E-state index contributed by atoms with van der Waals surface area (Å²) >= 11 is 1.05. The maximum Gasteiger partial charge on any atom is 0.413 e. The van der Waals surface area contributed by atoms with Crippen LogP contribution in [0.1, 0.15) is 48.6 Å². The average Bonchev–Trinajstić information content (AvgIpc) is 3.10. The number of thiazole rings is 1. The number of rotatable bonds is 10. The van der Waals surface area contributed by atoms with Gasteiger partial charge in [0.1, 0.15) is 10.6 Å². The third-order valence-electron chi connectivity index (χ3n) is 4.22. The first-order valence-electron chi connectivity index (χ1n) is 10.8. The van der Waals surface area contributed by atoms with Crippen LogP contribution in [0.4, 0.5) is 9.93 Å². The van der Waals surface area contributed by atoms with E-state index in [2.05, 4.69) is 25.7 Å². The molecule has 0 bridgehead atoms. The van der Waals surface area contributed by atoms with Gasteiger partial charge in [-0.05, 0) is 51.3 Å². The first-order valence-corrected chi connectivity index (χ1v) is 13.5. The van der Waals surface area contributed by atoms with Crippen LogP contribution in [0, 0.1) is 0 Å². The number of hydrogen-bond acceptors (Lipinski definition) is 8. The molecule has 0 saturated carbocycles. The molecule has 0 aliphatic rings. The van der Waals surface area contributed by atoms with Gasteiger partial charge in [-0.15, -0.1) is 0 Å². The van der Waals surface area contributed by atoms with Crippen LogP contribution in [0.25, 0.3) is 0 Å². The predicted octanol–water partition coefficient (Wildman–Crippen LogP) is 2.05. The first kappa shape index (κ1) is 28.2. The van der Waals surface area contributed by atoms with Crippen LogP contribution in [0.2, 0.25) is 0 Å². The second kappa shape index (κ2) is 12.1. The molecule has 192 valence electrons. The summed E-state index contributed by atoms with van der Waals surface area (Å²) in [6.07, 6.45) is 1.47. The van der Waals surface area contributed by atoms with Gasteiger partial charge in [0.15, 0.2) is 5.13 Å².